The normalized spacial score (nSPS) is 27.3. The molecule has 4 atom stereocenters. The van der Waals surface area contributed by atoms with Crippen LogP contribution in [0, 0.1) is 5.92 Å². The zero-order valence-electron chi connectivity index (χ0n) is 15.1. The minimum absolute atomic E-state index is 0. The summed E-state index contributed by atoms with van der Waals surface area (Å²) in [6.07, 6.45) is 4.91. The lowest BCUT2D eigenvalue weighted by Gasteiger charge is -2.24. The Morgan fingerprint density at radius 1 is 1.30 bits per heavy atom. The first-order chi connectivity index (χ1) is 12.6. The van der Waals surface area contributed by atoms with Crippen molar-refractivity contribution in [3.63, 3.8) is 0 Å². The van der Waals surface area contributed by atoms with Gasteiger partial charge in [-0.15, -0.1) is 12.4 Å². The lowest BCUT2D eigenvalue weighted by atomic mass is 9.85. The van der Waals surface area contributed by atoms with E-state index in [0.29, 0.717) is 47.3 Å². The smallest absolute Gasteiger partial charge is 0.237 e. The van der Waals surface area contributed by atoms with Gasteiger partial charge in [0.1, 0.15) is 13.2 Å². The van der Waals surface area contributed by atoms with Gasteiger partial charge in [-0.1, -0.05) is 24.4 Å². The molecule has 2 fully saturated rings. The number of aliphatic hydroxyl groups excluding tert-OH is 1. The maximum absolute atomic E-state index is 12.5. The first-order valence-corrected chi connectivity index (χ1v) is 9.80. The number of hydrogen-bond acceptors (Lipinski definition) is 5. The van der Waals surface area contributed by atoms with Crippen LogP contribution < -0.4 is 20.1 Å². The molecule has 1 saturated heterocycles. The molecule has 4 rings (SSSR count). The highest BCUT2D eigenvalue weighted by atomic mass is 35.5. The maximum Gasteiger partial charge on any atom is 0.237 e. The number of nitrogens with one attached hydrogen (secondary N) is 2. The average molecular weight is 417 g/mol. The molecule has 27 heavy (non-hydrogen) atoms. The van der Waals surface area contributed by atoms with Crippen LogP contribution in [0.25, 0.3) is 0 Å². The second kappa shape index (κ2) is 8.86. The molecule has 1 aromatic rings. The molecular formula is C19H26Cl2N2O4. The van der Waals surface area contributed by atoms with Gasteiger partial charge in [0, 0.05) is 12.6 Å². The third kappa shape index (κ3) is 4.45. The van der Waals surface area contributed by atoms with Crippen LogP contribution in [-0.4, -0.2) is 42.9 Å². The lowest BCUT2D eigenvalue weighted by Crippen LogP contribution is -2.44. The van der Waals surface area contributed by atoms with Gasteiger partial charge < -0.3 is 25.2 Å². The SMILES string of the molecule is Cl.O=C(NCC(O)c1cc(Cl)c2c(c1)OCCO2)C1CC2CCCCC2N1. The van der Waals surface area contributed by atoms with Gasteiger partial charge in [0.2, 0.25) is 5.91 Å². The van der Waals surface area contributed by atoms with Gasteiger partial charge in [0.05, 0.1) is 17.2 Å². The number of benzene rings is 1. The number of amides is 1. The van der Waals surface area contributed by atoms with Crippen LogP contribution in [0.5, 0.6) is 11.5 Å². The number of aliphatic hydroxyl groups is 1. The van der Waals surface area contributed by atoms with E-state index >= 15 is 0 Å². The van der Waals surface area contributed by atoms with Gasteiger partial charge in [0.15, 0.2) is 11.5 Å². The third-order valence-electron chi connectivity index (χ3n) is 5.65. The Hall–Kier alpha value is -1.21. The molecule has 2 aliphatic heterocycles. The van der Waals surface area contributed by atoms with Crippen LogP contribution in [-0.2, 0) is 4.79 Å². The zero-order valence-corrected chi connectivity index (χ0v) is 16.7. The summed E-state index contributed by atoms with van der Waals surface area (Å²) in [6.45, 7) is 1.05. The topological polar surface area (TPSA) is 79.8 Å². The zero-order chi connectivity index (χ0) is 18.1. The molecule has 1 amide bonds. The van der Waals surface area contributed by atoms with E-state index in [0.717, 1.165) is 12.8 Å². The second-order valence-corrected chi connectivity index (χ2v) is 7.80. The molecule has 150 valence electrons. The van der Waals surface area contributed by atoms with E-state index in [1.165, 1.54) is 19.3 Å². The highest BCUT2D eigenvalue weighted by Gasteiger charge is 2.38. The van der Waals surface area contributed by atoms with E-state index in [-0.39, 0.29) is 30.9 Å². The van der Waals surface area contributed by atoms with Crippen LogP contribution in [0.3, 0.4) is 0 Å². The van der Waals surface area contributed by atoms with E-state index in [1.54, 1.807) is 12.1 Å². The molecule has 3 N–H and O–H groups in total. The highest BCUT2D eigenvalue weighted by Crippen LogP contribution is 2.39. The molecule has 1 aliphatic carbocycles. The van der Waals surface area contributed by atoms with Gasteiger partial charge in [-0.3, -0.25) is 4.79 Å². The molecule has 0 spiro atoms. The Bertz CT molecular complexity index is 674. The first-order valence-electron chi connectivity index (χ1n) is 9.42. The van der Waals surface area contributed by atoms with Crippen molar-refractivity contribution in [1.82, 2.24) is 10.6 Å². The van der Waals surface area contributed by atoms with Gasteiger partial charge in [0.25, 0.3) is 0 Å². The molecule has 3 aliphatic rings. The fourth-order valence-electron chi connectivity index (χ4n) is 4.28. The van der Waals surface area contributed by atoms with Gasteiger partial charge >= 0.3 is 0 Å². The molecule has 6 nitrogen and oxygen atoms in total. The standard InChI is InChI=1S/C19H25ClN2O4.ClH/c20-13-7-12(9-17-18(13)26-6-5-25-17)16(23)10-21-19(24)15-8-11-3-1-2-4-14(11)22-15;/h7,9,11,14-16,22-23H,1-6,8,10H2,(H,21,24);1H. The molecule has 2 heterocycles. The molecule has 0 aromatic heterocycles. The quantitative estimate of drug-likeness (QED) is 0.702. The lowest BCUT2D eigenvalue weighted by molar-refractivity contribution is -0.123. The van der Waals surface area contributed by atoms with Gasteiger partial charge in [-0.25, -0.2) is 0 Å². The average Bonchev–Trinajstić information content (AvgIpc) is 3.10. The molecule has 1 saturated carbocycles. The summed E-state index contributed by atoms with van der Waals surface area (Å²) in [6, 6.07) is 3.70. The number of carbonyl (C=O) groups excluding carboxylic acids is 1. The third-order valence-corrected chi connectivity index (χ3v) is 5.93. The summed E-state index contributed by atoms with van der Waals surface area (Å²) >= 11 is 6.21. The number of ether oxygens (including phenoxy) is 2. The predicted molar refractivity (Wildman–Crippen MR) is 105 cm³/mol. The molecule has 4 unspecified atom stereocenters. The van der Waals surface area contributed by atoms with Crippen LogP contribution in [0.4, 0.5) is 0 Å². The van der Waals surface area contributed by atoms with Crippen molar-refractivity contribution in [2.45, 2.75) is 50.3 Å². The first kappa shape index (κ1) is 20.5. The van der Waals surface area contributed by atoms with Gasteiger partial charge in [-0.05, 0) is 42.9 Å². The fourth-order valence-corrected chi connectivity index (χ4v) is 4.56. The van der Waals surface area contributed by atoms with Crippen LogP contribution in [0.1, 0.15) is 43.8 Å². The second-order valence-electron chi connectivity index (χ2n) is 7.39. The van der Waals surface area contributed by atoms with E-state index in [9.17, 15) is 9.90 Å². The van der Waals surface area contributed by atoms with Crippen molar-refractivity contribution in [1.29, 1.82) is 0 Å². The highest BCUT2D eigenvalue weighted by molar-refractivity contribution is 6.32. The van der Waals surface area contributed by atoms with Crippen LogP contribution in [0.2, 0.25) is 5.02 Å². The summed E-state index contributed by atoms with van der Waals surface area (Å²) in [5.41, 5.74) is 0.604. The predicted octanol–water partition coefficient (Wildman–Crippen LogP) is 2.60. The summed E-state index contributed by atoms with van der Waals surface area (Å²) in [7, 11) is 0. The minimum Gasteiger partial charge on any atom is -0.486 e. The van der Waals surface area contributed by atoms with E-state index in [4.69, 9.17) is 21.1 Å². The van der Waals surface area contributed by atoms with Crippen molar-refractivity contribution < 1.29 is 19.4 Å². The number of hydrogen-bond donors (Lipinski definition) is 3. The maximum atomic E-state index is 12.5. The number of carbonyl (C=O) groups is 1. The monoisotopic (exact) mass is 416 g/mol. The Balaban J connectivity index is 0.00000210. The Morgan fingerprint density at radius 2 is 2.07 bits per heavy atom. The number of rotatable bonds is 4. The Labute approximate surface area is 170 Å². The van der Waals surface area contributed by atoms with Crippen molar-refractivity contribution in [2.24, 2.45) is 5.92 Å². The summed E-state index contributed by atoms with van der Waals surface area (Å²) in [5, 5.41) is 17.2. The number of halogens is 2. The summed E-state index contributed by atoms with van der Waals surface area (Å²) < 4.78 is 11.0. The molecular weight excluding hydrogens is 391 g/mol. The molecule has 0 radical (unpaired) electrons. The van der Waals surface area contributed by atoms with Gasteiger partial charge in [-0.2, -0.15) is 0 Å². The molecule has 0 bridgehead atoms. The fraction of sp³-hybridized carbons (Fsp3) is 0.632. The van der Waals surface area contributed by atoms with Crippen molar-refractivity contribution in [3.05, 3.63) is 22.7 Å². The largest absolute Gasteiger partial charge is 0.486 e. The minimum atomic E-state index is -0.851. The van der Waals surface area contributed by atoms with Crippen LogP contribution >= 0.6 is 24.0 Å². The van der Waals surface area contributed by atoms with Crippen molar-refractivity contribution in [2.75, 3.05) is 19.8 Å². The summed E-state index contributed by atoms with van der Waals surface area (Å²) in [5.74, 6) is 1.62. The Kier molecular flexibility index (Phi) is 6.74. The number of fused-ring (bicyclic) bond motifs is 2. The Morgan fingerprint density at radius 3 is 2.89 bits per heavy atom. The van der Waals surface area contributed by atoms with Crippen molar-refractivity contribution in [3.8, 4) is 11.5 Å². The van der Waals surface area contributed by atoms with E-state index in [1.807, 2.05) is 0 Å². The summed E-state index contributed by atoms with van der Waals surface area (Å²) in [4.78, 5) is 12.5. The van der Waals surface area contributed by atoms with Crippen LogP contribution in [0.15, 0.2) is 12.1 Å². The van der Waals surface area contributed by atoms with Crippen molar-refractivity contribution >= 4 is 29.9 Å². The molecule has 8 heteroatoms. The van der Waals surface area contributed by atoms with E-state index < -0.39 is 6.10 Å². The van der Waals surface area contributed by atoms with E-state index in [2.05, 4.69) is 10.6 Å². The molecule has 1 aromatic carbocycles.